The first-order chi connectivity index (χ1) is 8.31. The van der Waals surface area contributed by atoms with Crippen LogP contribution in [-0.4, -0.2) is 13.7 Å². The van der Waals surface area contributed by atoms with Crippen molar-refractivity contribution in [3.05, 3.63) is 46.7 Å². The van der Waals surface area contributed by atoms with E-state index in [0.29, 0.717) is 6.61 Å². The zero-order chi connectivity index (χ0) is 12.1. The van der Waals surface area contributed by atoms with Gasteiger partial charge in [0.1, 0.15) is 6.61 Å². The Hall–Kier alpha value is -1.52. The third-order valence-corrected chi connectivity index (χ3v) is 3.40. The molecule has 3 nitrogen and oxygen atoms in total. The van der Waals surface area contributed by atoms with E-state index in [0.717, 1.165) is 16.4 Å². The lowest BCUT2D eigenvalue weighted by atomic mass is 10.2. The fourth-order valence-electron chi connectivity index (χ4n) is 1.50. The monoisotopic (exact) mass is 249 g/mol. The molecule has 4 heteroatoms. The van der Waals surface area contributed by atoms with Crippen LogP contribution in [0.3, 0.4) is 0 Å². The molecule has 0 aliphatic carbocycles. The van der Waals surface area contributed by atoms with E-state index < -0.39 is 0 Å². The van der Waals surface area contributed by atoms with Gasteiger partial charge >= 0.3 is 0 Å². The molecule has 0 saturated carbocycles. The summed E-state index contributed by atoms with van der Waals surface area (Å²) in [7, 11) is 1.63. The normalized spacial score (nSPS) is 12.1. The summed E-state index contributed by atoms with van der Waals surface area (Å²) in [6.07, 6.45) is 0. The second-order valence-electron chi connectivity index (χ2n) is 3.58. The van der Waals surface area contributed by atoms with Crippen LogP contribution in [0.2, 0.25) is 0 Å². The van der Waals surface area contributed by atoms with Gasteiger partial charge in [-0.3, -0.25) is 0 Å². The molecule has 0 bridgehead atoms. The van der Waals surface area contributed by atoms with Crippen LogP contribution in [0, 0.1) is 0 Å². The van der Waals surface area contributed by atoms with Gasteiger partial charge in [-0.05, 0) is 23.6 Å². The Morgan fingerprint density at radius 1 is 1.18 bits per heavy atom. The van der Waals surface area contributed by atoms with E-state index in [2.05, 4.69) is 0 Å². The highest BCUT2D eigenvalue weighted by atomic mass is 32.1. The minimum atomic E-state index is -0.0973. The molecular weight excluding hydrogens is 234 g/mol. The van der Waals surface area contributed by atoms with Crippen molar-refractivity contribution in [2.24, 2.45) is 5.73 Å². The molecule has 0 saturated heterocycles. The zero-order valence-electron chi connectivity index (χ0n) is 9.63. The number of nitrogens with two attached hydrogens (primary N) is 1. The standard InChI is InChI=1S/C13H15NO2S/c1-15-11-5-2-3-6-12(11)16-9-10(14)13-7-4-8-17-13/h2-8,10H,9,14H2,1H3. The average molecular weight is 249 g/mol. The number of hydrogen-bond donors (Lipinski definition) is 1. The SMILES string of the molecule is COc1ccccc1OCC(N)c1cccs1. The van der Waals surface area contributed by atoms with Crippen LogP contribution >= 0.6 is 11.3 Å². The van der Waals surface area contributed by atoms with Crippen LogP contribution in [0.4, 0.5) is 0 Å². The first kappa shape index (κ1) is 12.0. The molecule has 2 rings (SSSR count). The fourth-order valence-corrected chi connectivity index (χ4v) is 2.22. The second-order valence-corrected chi connectivity index (χ2v) is 4.56. The second kappa shape index (κ2) is 5.70. The highest BCUT2D eigenvalue weighted by Gasteiger charge is 2.09. The highest BCUT2D eigenvalue weighted by Crippen LogP contribution is 2.27. The van der Waals surface area contributed by atoms with Crippen molar-refractivity contribution in [2.75, 3.05) is 13.7 Å². The fraction of sp³-hybridized carbons (Fsp3) is 0.231. The van der Waals surface area contributed by atoms with Gasteiger partial charge in [0.25, 0.3) is 0 Å². The smallest absolute Gasteiger partial charge is 0.161 e. The first-order valence-corrected chi connectivity index (χ1v) is 6.24. The van der Waals surface area contributed by atoms with Gasteiger partial charge in [0.2, 0.25) is 0 Å². The lowest BCUT2D eigenvalue weighted by Gasteiger charge is -2.13. The molecule has 0 aliphatic heterocycles. The van der Waals surface area contributed by atoms with Gasteiger partial charge in [-0.15, -0.1) is 11.3 Å². The van der Waals surface area contributed by atoms with Crippen LogP contribution in [0.25, 0.3) is 0 Å². The van der Waals surface area contributed by atoms with Crippen molar-refractivity contribution < 1.29 is 9.47 Å². The number of rotatable bonds is 5. The van der Waals surface area contributed by atoms with E-state index in [1.54, 1.807) is 18.4 Å². The summed E-state index contributed by atoms with van der Waals surface area (Å²) in [5, 5.41) is 2.01. The first-order valence-electron chi connectivity index (χ1n) is 5.36. The average Bonchev–Trinajstić information content (AvgIpc) is 2.90. The number of hydrogen-bond acceptors (Lipinski definition) is 4. The molecule has 1 aromatic carbocycles. The minimum absolute atomic E-state index is 0.0973. The van der Waals surface area contributed by atoms with E-state index in [-0.39, 0.29) is 6.04 Å². The Labute approximate surface area is 105 Å². The Morgan fingerprint density at radius 2 is 1.94 bits per heavy atom. The molecule has 0 spiro atoms. The zero-order valence-corrected chi connectivity index (χ0v) is 10.4. The van der Waals surface area contributed by atoms with Gasteiger partial charge < -0.3 is 15.2 Å². The topological polar surface area (TPSA) is 44.5 Å². The predicted molar refractivity (Wildman–Crippen MR) is 69.7 cm³/mol. The molecule has 17 heavy (non-hydrogen) atoms. The van der Waals surface area contributed by atoms with Crippen molar-refractivity contribution in [3.63, 3.8) is 0 Å². The molecule has 2 aromatic rings. The number of para-hydroxylation sites is 2. The third-order valence-electron chi connectivity index (χ3n) is 2.40. The van der Waals surface area contributed by atoms with Crippen LogP contribution in [-0.2, 0) is 0 Å². The molecule has 1 unspecified atom stereocenters. The highest BCUT2D eigenvalue weighted by molar-refractivity contribution is 7.10. The van der Waals surface area contributed by atoms with Crippen LogP contribution in [0.15, 0.2) is 41.8 Å². The largest absolute Gasteiger partial charge is 0.493 e. The summed E-state index contributed by atoms with van der Waals surface area (Å²) < 4.78 is 10.9. The minimum Gasteiger partial charge on any atom is -0.493 e. The maximum absolute atomic E-state index is 6.02. The number of benzene rings is 1. The molecular formula is C13H15NO2S. The van der Waals surface area contributed by atoms with Gasteiger partial charge in [0, 0.05) is 4.88 Å². The molecule has 1 aromatic heterocycles. The molecule has 1 heterocycles. The van der Waals surface area contributed by atoms with E-state index in [1.165, 1.54) is 0 Å². The summed E-state index contributed by atoms with van der Waals surface area (Å²) in [5.41, 5.74) is 6.02. The summed E-state index contributed by atoms with van der Waals surface area (Å²) in [4.78, 5) is 1.12. The van der Waals surface area contributed by atoms with Gasteiger partial charge in [-0.1, -0.05) is 18.2 Å². The lowest BCUT2D eigenvalue weighted by Crippen LogP contribution is -2.17. The van der Waals surface area contributed by atoms with E-state index in [1.807, 2.05) is 41.8 Å². The Kier molecular flexibility index (Phi) is 4.01. The molecule has 0 aliphatic rings. The molecule has 90 valence electrons. The summed E-state index contributed by atoms with van der Waals surface area (Å²) in [5.74, 6) is 1.45. The summed E-state index contributed by atoms with van der Waals surface area (Å²) in [6.45, 7) is 0.445. The van der Waals surface area contributed by atoms with Crippen LogP contribution in [0.1, 0.15) is 10.9 Å². The maximum Gasteiger partial charge on any atom is 0.161 e. The van der Waals surface area contributed by atoms with Crippen molar-refractivity contribution in [2.45, 2.75) is 6.04 Å². The van der Waals surface area contributed by atoms with Crippen molar-refractivity contribution in [3.8, 4) is 11.5 Å². The number of methoxy groups -OCH3 is 1. The molecule has 0 fully saturated rings. The van der Waals surface area contributed by atoms with E-state index >= 15 is 0 Å². The number of thiophene rings is 1. The lowest BCUT2D eigenvalue weighted by molar-refractivity contribution is 0.274. The Balaban J connectivity index is 1.98. The third kappa shape index (κ3) is 2.99. The van der Waals surface area contributed by atoms with Crippen LogP contribution < -0.4 is 15.2 Å². The molecule has 0 radical (unpaired) electrons. The quantitative estimate of drug-likeness (QED) is 0.886. The van der Waals surface area contributed by atoms with E-state index in [4.69, 9.17) is 15.2 Å². The van der Waals surface area contributed by atoms with Crippen molar-refractivity contribution in [1.29, 1.82) is 0 Å². The van der Waals surface area contributed by atoms with E-state index in [9.17, 15) is 0 Å². The van der Waals surface area contributed by atoms with Gasteiger partial charge in [-0.2, -0.15) is 0 Å². The van der Waals surface area contributed by atoms with Crippen LogP contribution in [0.5, 0.6) is 11.5 Å². The van der Waals surface area contributed by atoms with Gasteiger partial charge in [0.05, 0.1) is 13.2 Å². The van der Waals surface area contributed by atoms with Crippen molar-refractivity contribution >= 4 is 11.3 Å². The molecule has 0 amide bonds. The number of ether oxygens (including phenoxy) is 2. The Bertz CT molecular complexity index is 456. The van der Waals surface area contributed by atoms with Gasteiger partial charge in [0.15, 0.2) is 11.5 Å². The maximum atomic E-state index is 6.02. The summed E-state index contributed by atoms with van der Waals surface area (Å²) in [6, 6.07) is 11.5. The molecule has 2 N–H and O–H groups in total. The molecule has 1 atom stereocenters. The van der Waals surface area contributed by atoms with Gasteiger partial charge in [-0.25, -0.2) is 0 Å². The predicted octanol–water partition coefficient (Wildman–Crippen LogP) is 2.84. The Morgan fingerprint density at radius 3 is 2.59 bits per heavy atom. The summed E-state index contributed by atoms with van der Waals surface area (Å²) >= 11 is 1.64. The van der Waals surface area contributed by atoms with Crippen molar-refractivity contribution in [1.82, 2.24) is 0 Å².